The zero-order valence-electron chi connectivity index (χ0n) is 19.1. The van der Waals surface area contributed by atoms with Gasteiger partial charge >= 0.3 is 0 Å². The lowest BCUT2D eigenvalue weighted by Crippen LogP contribution is -2.55. The van der Waals surface area contributed by atoms with Crippen LogP contribution in [-0.4, -0.2) is 57.6 Å². The third-order valence-electron chi connectivity index (χ3n) is 5.85. The summed E-state index contributed by atoms with van der Waals surface area (Å²) in [6.45, 7) is 10.7. The van der Waals surface area contributed by atoms with Crippen molar-refractivity contribution in [3.05, 3.63) is 35.9 Å². The molecule has 30 heavy (non-hydrogen) atoms. The van der Waals surface area contributed by atoms with Crippen molar-refractivity contribution in [1.82, 2.24) is 16.0 Å². The molecular weight excluding hydrogens is 491 g/mol. The van der Waals surface area contributed by atoms with E-state index in [1.54, 1.807) is 0 Å². The van der Waals surface area contributed by atoms with E-state index in [0.717, 1.165) is 64.6 Å². The average molecular weight is 533 g/mol. The Kier molecular flexibility index (Phi) is 13.6. The van der Waals surface area contributed by atoms with Gasteiger partial charge in [0.2, 0.25) is 0 Å². The lowest BCUT2D eigenvalue weighted by atomic mass is 9.90. The van der Waals surface area contributed by atoms with E-state index in [1.165, 1.54) is 5.56 Å². The number of aliphatic imine (C=N–C) groups is 1. The second-order valence-electron chi connectivity index (χ2n) is 7.83. The van der Waals surface area contributed by atoms with Crippen LogP contribution in [0.4, 0.5) is 0 Å². The first kappa shape index (κ1) is 27.1. The molecule has 0 radical (unpaired) electrons. The van der Waals surface area contributed by atoms with Crippen LogP contribution in [-0.2, 0) is 9.47 Å². The molecule has 1 aliphatic rings. The summed E-state index contributed by atoms with van der Waals surface area (Å²) in [4.78, 5) is 4.38. The highest BCUT2D eigenvalue weighted by atomic mass is 127. The van der Waals surface area contributed by atoms with Crippen molar-refractivity contribution in [3.63, 3.8) is 0 Å². The van der Waals surface area contributed by atoms with Crippen LogP contribution >= 0.6 is 24.0 Å². The van der Waals surface area contributed by atoms with Crippen molar-refractivity contribution in [3.8, 4) is 0 Å². The lowest BCUT2D eigenvalue weighted by molar-refractivity contribution is 0.0420. The van der Waals surface area contributed by atoms with E-state index in [1.807, 2.05) is 7.05 Å². The van der Waals surface area contributed by atoms with Gasteiger partial charge in [-0.25, -0.2) is 0 Å². The highest BCUT2D eigenvalue weighted by Gasteiger charge is 2.28. The molecule has 1 aliphatic heterocycles. The third kappa shape index (κ3) is 9.08. The maximum atomic E-state index is 5.82. The van der Waals surface area contributed by atoms with Crippen LogP contribution in [0, 0.1) is 0 Å². The minimum atomic E-state index is 0. The normalized spacial score (nSPS) is 18.0. The number of benzene rings is 1. The number of rotatable bonds is 12. The molecule has 2 unspecified atom stereocenters. The van der Waals surface area contributed by atoms with Gasteiger partial charge in [-0.3, -0.25) is 4.99 Å². The number of nitrogens with zero attached hydrogens (tertiary/aromatic N) is 1. The van der Waals surface area contributed by atoms with Crippen LogP contribution < -0.4 is 16.0 Å². The summed E-state index contributed by atoms with van der Waals surface area (Å²) in [6.07, 6.45) is 4.33. The minimum absolute atomic E-state index is 0. The zero-order valence-corrected chi connectivity index (χ0v) is 21.4. The Bertz CT molecular complexity index is 590. The van der Waals surface area contributed by atoms with Gasteiger partial charge in [0.1, 0.15) is 0 Å². The molecule has 0 bridgehead atoms. The molecule has 2 rings (SSSR count). The number of halogens is 1. The van der Waals surface area contributed by atoms with Crippen LogP contribution in [0.2, 0.25) is 0 Å². The van der Waals surface area contributed by atoms with Gasteiger partial charge in [0.25, 0.3) is 0 Å². The number of nitrogens with one attached hydrogen (secondary N) is 3. The van der Waals surface area contributed by atoms with E-state index in [2.05, 4.69) is 72.0 Å². The van der Waals surface area contributed by atoms with Gasteiger partial charge < -0.3 is 25.4 Å². The highest BCUT2D eigenvalue weighted by molar-refractivity contribution is 14.0. The van der Waals surface area contributed by atoms with Crippen molar-refractivity contribution in [2.75, 3.05) is 40.0 Å². The molecule has 6 nitrogen and oxygen atoms in total. The van der Waals surface area contributed by atoms with E-state index in [9.17, 15) is 0 Å². The molecule has 1 fully saturated rings. The number of ether oxygens (including phenoxy) is 2. The maximum Gasteiger partial charge on any atom is 0.191 e. The molecule has 7 heteroatoms. The Morgan fingerprint density at radius 3 is 2.57 bits per heavy atom. The van der Waals surface area contributed by atoms with E-state index in [-0.39, 0.29) is 35.6 Å². The van der Waals surface area contributed by atoms with Crippen LogP contribution in [0.3, 0.4) is 0 Å². The molecule has 0 saturated carbocycles. The monoisotopic (exact) mass is 532 g/mol. The van der Waals surface area contributed by atoms with Gasteiger partial charge in [-0.1, -0.05) is 44.2 Å². The summed E-state index contributed by atoms with van der Waals surface area (Å²) >= 11 is 0. The van der Waals surface area contributed by atoms with Crippen molar-refractivity contribution in [2.45, 2.75) is 64.1 Å². The van der Waals surface area contributed by atoms with Crippen molar-refractivity contribution in [1.29, 1.82) is 0 Å². The SMILES string of the molecule is CCC(CC)(CNC(=NC)NCCCOC1CCOC1)NC(C)c1ccccc1.I. The molecule has 3 N–H and O–H groups in total. The first-order valence-electron chi connectivity index (χ1n) is 11.1. The maximum absolute atomic E-state index is 5.82. The number of hydrogen-bond acceptors (Lipinski definition) is 4. The summed E-state index contributed by atoms with van der Waals surface area (Å²) in [5.74, 6) is 0.842. The molecule has 0 aliphatic carbocycles. The van der Waals surface area contributed by atoms with Gasteiger partial charge in [0.05, 0.1) is 12.7 Å². The average Bonchev–Trinajstić information content (AvgIpc) is 3.28. The molecule has 172 valence electrons. The van der Waals surface area contributed by atoms with Crippen LogP contribution in [0.1, 0.15) is 58.1 Å². The fraction of sp³-hybridized carbons (Fsp3) is 0.696. The van der Waals surface area contributed by atoms with Crippen LogP contribution in [0.25, 0.3) is 0 Å². The first-order valence-corrected chi connectivity index (χ1v) is 11.1. The summed E-state index contributed by atoms with van der Waals surface area (Å²) in [5.41, 5.74) is 1.33. The Balaban J connectivity index is 0.00000450. The Hall–Kier alpha value is -0.900. The van der Waals surface area contributed by atoms with Crippen LogP contribution in [0.15, 0.2) is 35.3 Å². The van der Waals surface area contributed by atoms with Gasteiger partial charge in [0.15, 0.2) is 5.96 Å². The Morgan fingerprint density at radius 1 is 1.23 bits per heavy atom. The molecule has 0 amide bonds. The van der Waals surface area contributed by atoms with Crippen molar-refractivity contribution >= 4 is 29.9 Å². The minimum Gasteiger partial charge on any atom is -0.379 e. The summed E-state index contributed by atoms with van der Waals surface area (Å²) in [5, 5.41) is 10.8. The molecule has 1 saturated heterocycles. The summed E-state index contributed by atoms with van der Waals surface area (Å²) in [6, 6.07) is 10.9. The molecule has 1 aromatic carbocycles. The summed E-state index contributed by atoms with van der Waals surface area (Å²) in [7, 11) is 1.82. The number of guanidine groups is 1. The highest BCUT2D eigenvalue weighted by Crippen LogP contribution is 2.21. The molecule has 2 atom stereocenters. The first-order chi connectivity index (χ1) is 14.1. The molecule has 0 spiro atoms. The zero-order chi connectivity index (χ0) is 21.0. The Labute approximate surface area is 200 Å². The fourth-order valence-corrected chi connectivity index (χ4v) is 3.69. The summed E-state index contributed by atoms with van der Waals surface area (Å²) < 4.78 is 11.2. The Morgan fingerprint density at radius 2 is 1.97 bits per heavy atom. The predicted molar refractivity (Wildman–Crippen MR) is 136 cm³/mol. The van der Waals surface area contributed by atoms with Gasteiger partial charge in [-0.05, 0) is 38.2 Å². The standard InChI is InChI=1S/C23H40N4O2.HI/c1-5-23(6-2,27-19(3)20-11-8-7-9-12-20)18-26-22(24-4)25-14-10-15-29-21-13-16-28-17-21;/h7-9,11-12,19,21,27H,5-6,10,13-18H2,1-4H3,(H2,24,25,26);1H. The lowest BCUT2D eigenvalue weighted by Gasteiger charge is -2.37. The largest absolute Gasteiger partial charge is 0.379 e. The molecule has 1 aromatic rings. The topological polar surface area (TPSA) is 66.9 Å². The predicted octanol–water partition coefficient (Wildman–Crippen LogP) is 3.87. The van der Waals surface area contributed by atoms with Crippen LogP contribution in [0.5, 0.6) is 0 Å². The second kappa shape index (κ2) is 15.0. The van der Waals surface area contributed by atoms with Gasteiger partial charge in [-0.2, -0.15) is 0 Å². The number of hydrogen-bond donors (Lipinski definition) is 3. The molecular formula is C23H41IN4O2. The van der Waals surface area contributed by atoms with Crippen molar-refractivity contribution in [2.24, 2.45) is 4.99 Å². The van der Waals surface area contributed by atoms with E-state index in [0.29, 0.717) is 6.04 Å². The van der Waals surface area contributed by atoms with E-state index >= 15 is 0 Å². The smallest absolute Gasteiger partial charge is 0.191 e. The second-order valence-corrected chi connectivity index (χ2v) is 7.83. The van der Waals surface area contributed by atoms with E-state index in [4.69, 9.17) is 9.47 Å². The van der Waals surface area contributed by atoms with Gasteiger partial charge in [0, 0.05) is 44.9 Å². The molecule has 1 heterocycles. The third-order valence-corrected chi connectivity index (χ3v) is 5.85. The van der Waals surface area contributed by atoms with Gasteiger partial charge in [-0.15, -0.1) is 24.0 Å². The molecule has 0 aromatic heterocycles. The quantitative estimate of drug-likeness (QED) is 0.165. The van der Waals surface area contributed by atoms with E-state index < -0.39 is 0 Å². The fourth-order valence-electron chi connectivity index (χ4n) is 3.69. The van der Waals surface area contributed by atoms with Crippen molar-refractivity contribution < 1.29 is 9.47 Å².